The maximum atomic E-state index is 15.2. The van der Waals surface area contributed by atoms with Gasteiger partial charge in [0.1, 0.15) is 11.6 Å². The molecule has 2 aromatic rings. The van der Waals surface area contributed by atoms with Crippen LogP contribution in [0.1, 0.15) is 59.1 Å². The second-order valence-corrected chi connectivity index (χ2v) is 13.6. The van der Waals surface area contributed by atoms with Gasteiger partial charge >= 0.3 is 0 Å². The molecule has 3 heterocycles. The molecule has 0 radical (unpaired) electrons. The van der Waals surface area contributed by atoms with Crippen molar-refractivity contribution in [3.05, 3.63) is 85.5 Å². The molecule has 3 unspecified atom stereocenters. The van der Waals surface area contributed by atoms with E-state index in [1.165, 1.54) is 4.90 Å². The van der Waals surface area contributed by atoms with Crippen molar-refractivity contribution in [1.29, 1.82) is 0 Å². The van der Waals surface area contributed by atoms with E-state index in [2.05, 4.69) is 31.9 Å². The fourth-order valence-corrected chi connectivity index (χ4v) is 8.64. The van der Waals surface area contributed by atoms with Gasteiger partial charge in [-0.3, -0.25) is 14.4 Å². The van der Waals surface area contributed by atoms with E-state index in [1.54, 1.807) is 22.0 Å². The van der Waals surface area contributed by atoms with Crippen molar-refractivity contribution in [1.82, 2.24) is 9.80 Å². The van der Waals surface area contributed by atoms with Gasteiger partial charge in [-0.15, -0.1) is 13.2 Å². The second-order valence-electron chi connectivity index (χ2n) is 13.6. The van der Waals surface area contributed by atoms with Crippen LogP contribution < -0.4 is 9.80 Å². The number of carbonyl (C=O) groups is 3. The SMILES string of the molecule is C=CCN(CCC)C(=O)[C@H]1[C@H]2C(=O)N([C@H](CO)c3ccccc3)C(C(=O)N(CC=C)c3ccc(N(CC)CC)cc3)C23CC(C)[C@]1(C)O3. The highest BCUT2D eigenvalue weighted by Crippen LogP contribution is 2.66. The average molecular weight is 657 g/mol. The summed E-state index contributed by atoms with van der Waals surface area (Å²) in [5, 5.41) is 10.9. The number of benzene rings is 2. The van der Waals surface area contributed by atoms with Crippen molar-refractivity contribution in [2.45, 2.75) is 70.7 Å². The lowest BCUT2D eigenvalue weighted by Crippen LogP contribution is -2.57. The van der Waals surface area contributed by atoms with Gasteiger partial charge in [-0.25, -0.2) is 0 Å². The van der Waals surface area contributed by atoms with E-state index < -0.39 is 41.7 Å². The molecule has 258 valence electrons. The lowest BCUT2D eigenvalue weighted by Gasteiger charge is -2.39. The van der Waals surface area contributed by atoms with Crippen LogP contribution in [0.2, 0.25) is 0 Å². The van der Waals surface area contributed by atoms with Crippen molar-refractivity contribution < 1.29 is 24.2 Å². The Morgan fingerprint density at radius 1 is 1.00 bits per heavy atom. The molecule has 9 nitrogen and oxygen atoms in total. The Hall–Kier alpha value is -3.95. The van der Waals surface area contributed by atoms with Crippen molar-refractivity contribution in [3.63, 3.8) is 0 Å². The minimum Gasteiger partial charge on any atom is -0.394 e. The van der Waals surface area contributed by atoms with E-state index in [9.17, 15) is 9.90 Å². The van der Waals surface area contributed by atoms with Gasteiger partial charge in [-0.1, -0.05) is 56.3 Å². The maximum Gasteiger partial charge on any atom is 0.253 e. The predicted molar refractivity (Wildman–Crippen MR) is 190 cm³/mol. The topological polar surface area (TPSA) is 93.6 Å². The van der Waals surface area contributed by atoms with Gasteiger partial charge in [0, 0.05) is 44.1 Å². The van der Waals surface area contributed by atoms with Crippen LogP contribution in [0.3, 0.4) is 0 Å². The number of ether oxygens (including phenoxy) is 1. The average Bonchev–Trinajstić information content (AvgIpc) is 3.61. The van der Waals surface area contributed by atoms with E-state index in [-0.39, 0.29) is 30.2 Å². The van der Waals surface area contributed by atoms with Crippen LogP contribution in [0.5, 0.6) is 0 Å². The molecule has 1 N–H and O–H groups in total. The Labute approximate surface area is 285 Å². The quantitative estimate of drug-likeness (QED) is 0.265. The number of nitrogens with zero attached hydrogens (tertiary/aromatic N) is 4. The number of carbonyl (C=O) groups excluding carboxylic acids is 3. The second kappa shape index (κ2) is 14.3. The Bertz CT molecular complexity index is 1490. The van der Waals surface area contributed by atoms with E-state index in [4.69, 9.17) is 4.74 Å². The molecule has 3 amide bonds. The molecule has 7 atom stereocenters. The summed E-state index contributed by atoms with van der Waals surface area (Å²) in [6, 6.07) is 15.2. The van der Waals surface area contributed by atoms with Crippen molar-refractivity contribution in [3.8, 4) is 0 Å². The highest BCUT2D eigenvalue weighted by Gasteiger charge is 2.80. The Morgan fingerprint density at radius 2 is 1.62 bits per heavy atom. The van der Waals surface area contributed by atoms with Crippen LogP contribution in [0.15, 0.2) is 79.9 Å². The minimum absolute atomic E-state index is 0.108. The summed E-state index contributed by atoms with van der Waals surface area (Å²) in [6.45, 7) is 20.4. The number of anilines is 2. The molecule has 0 aromatic heterocycles. The van der Waals surface area contributed by atoms with E-state index in [0.717, 1.165) is 25.2 Å². The molecule has 48 heavy (non-hydrogen) atoms. The first-order valence-corrected chi connectivity index (χ1v) is 17.4. The largest absolute Gasteiger partial charge is 0.394 e. The van der Waals surface area contributed by atoms with Crippen LogP contribution in [-0.4, -0.2) is 89.2 Å². The van der Waals surface area contributed by atoms with Gasteiger partial charge in [0.05, 0.1) is 30.1 Å². The van der Waals surface area contributed by atoms with Crippen LogP contribution >= 0.6 is 0 Å². The molecule has 2 aromatic carbocycles. The number of fused-ring (bicyclic) bond motifs is 1. The summed E-state index contributed by atoms with van der Waals surface area (Å²) < 4.78 is 7.04. The third-order valence-corrected chi connectivity index (χ3v) is 11.0. The van der Waals surface area contributed by atoms with Crippen molar-refractivity contribution in [2.24, 2.45) is 17.8 Å². The maximum absolute atomic E-state index is 15.2. The normalized spacial score (nSPS) is 27.8. The lowest BCUT2D eigenvalue weighted by atomic mass is 9.62. The molecule has 3 aliphatic heterocycles. The molecular weight excluding hydrogens is 604 g/mol. The zero-order valence-corrected chi connectivity index (χ0v) is 29.2. The monoisotopic (exact) mass is 656 g/mol. The zero-order valence-electron chi connectivity index (χ0n) is 29.2. The van der Waals surface area contributed by atoms with Crippen molar-refractivity contribution in [2.75, 3.05) is 49.1 Å². The number of hydrogen-bond acceptors (Lipinski definition) is 6. The first kappa shape index (κ1) is 35.4. The van der Waals surface area contributed by atoms with Crippen molar-refractivity contribution >= 4 is 29.1 Å². The van der Waals surface area contributed by atoms with Gasteiger partial charge in [-0.05, 0) is 69.4 Å². The molecule has 5 rings (SSSR count). The number of amides is 3. The zero-order chi connectivity index (χ0) is 34.8. The minimum atomic E-state index is -1.27. The Balaban J connectivity index is 1.66. The van der Waals surface area contributed by atoms with Gasteiger partial charge in [0.25, 0.3) is 5.91 Å². The number of hydrogen-bond donors (Lipinski definition) is 1. The highest BCUT2D eigenvalue weighted by atomic mass is 16.5. The molecule has 0 saturated carbocycles. The van der Waals surface area contributed by atoms with E-state index >= 15 is 9.59 Å². The molecule has 3 fully saturated rings. The third kappa shape index (κ3) is 5.64. The first-order valence-electron chi connectivity index (χ1n) is 17.4. The Kier molecular flexibility index (Phi) is 10.5. The van der Waals surface area contributed by atoms with E-state index in [1.807, 2.05) is 75.4 Å². The van der Waals surface area contributed by atoms with Crippen LogP contribution in [-0.2, 0) is 19.1 Å². The summed E-state index contributed by atoms with van der Waals surface area (Å²) >= 11 is 0. The summed E-state index contributed by atoms with van der Waals surface area (Å²) in [7, 11) is 0. The van der Waals surface area contributed by atoms with Gasteiger partial charge in [0.2, 0.25) is 11.8 Å². The molecule has 3 aliphatic rings. The fourth-order valence-electron chi connectivity index (χ4n) is 8.64. The smallest absolute Gasteiger partial charge is 0.253 e. The number of aliphatic hydroxyl groups excluding tert-OH is 1. The molecule has 3 saturated heterocycles. The number of likely N-dealkylation sites (tertiary alicyclic amines) is 1. The summed E-state index contributed by atoms with van der Waals surface area (Å²) in [5.41, 5.74) is 0.204. The standard InChI is InChI=1S/C39H52N4O5/c1-8-22-41(23-9-2)35(45)32-33-36(46)43(31(26-44)28-16-14-13-15-17-28)34(39(33)25-27(6)38(32,7)48-39)37(47)42(24-10-3)30-20-18-29(19-21-30)40(11-4)12-5/h8,10,13-21,27,31-34,44H,1,3,9,11-12,22-26H2,2,4-7H3/t27?,31-,32-,33+,34?,38+,39?/m1/s1. The van der Waals surface area contributed by atoms with Crippen LogP contribution in [0.25, 0.3) is 0 Å². The summed E-state index contributed by atoms with van der Waals surface area (Å²) in [5.74, 6) is -2.61. The molecule has 2 bridgehead atoms. The molecule has 9 heteroatoms. The van der Waals surface area contributed by atoms with Gasteiger partial charge in [-0.2, -0.15) is 0 Å². The predicted octanol–water partition coefficient (Wildman–Crippen LogP) is 5.22. The van der Waals surface area contributed by atoms with Crippen LogP contribution in [0.4, 0.5) is 11.4 Å². The summed E-state index contributed by atoms with van der Waals surface area (Å²) in [4.78, 5) is 51.9. The molecule has 0 aliphatic carbocycles. The third-order valence-electron chi connectivity index (χ3n) is 11.0. The lowest BCUT2D eigenvalue weighted by molar-refractivity contribution is -0.153. The van der Waals surface area contributed by atoms with Gasteiger partial charge < -0.3 is 29.4 Å². The number of aliphatic hydroxyl groups is 1. The van der Waals surface area contributed by atoms with E-state index in [0.29, 0.717) is 30.8 Å². The first-order chi connectivity index (χ1) is 23.1. The van der Waals surface area contributed by atoms with Crippen LogP contribution in [0, 0.1) is 17.8 Å². The number of rotatable bonds is 15. The summed E-state index contributed by atoms with van der Waals surface area (Å²) in [6.07, 6.45) is 4.56. The Morgan fingerprint density at radius 3 is 2.19 bits per heavy atom. The fraction of sp³-hybridized carbons (Fsp3) is 0.513. The highest BCUT2D eigenvalue weighted by molar-refractivity contribution is 6.05. The van der Waals surface area contributed by atoms with Gasteiger partial charge in [0.15, 0.2) is 0 Å². The molecule has 1 spiro atoms. The molecular formula is C39H52N4O5.